The van der Waals surface area contributed by atoms with E-state index in [1.807, 2.05) is 0 Å². The predicted octanol–water partition coefficient (Wildman–Crippen LogP) is 5.46. The molecule has 3 fully saturated rings. The van der Waals surface area contributed by atoms with E-state index in [1.165, 1.54) is 31.3 Å². The molecule has 0 aromatic carbocycles. The molecule has 4 nitrogen and oxygen atoms in total. The van der Waals surface area contributed by atoms with Crippen molar-refractivity contribution >= 4 is 0 Å². The molecule has 0 heterocycles. The Kier molecular flexibility index (Phi) is 8.05. The van der Waals surface area contributed by atoms with E-state index in [2.05, 4.69) is 32.6 Å². The van der Waals surface area contributed by atoms with E-state index in [-0.39, 0.29) is 0 Å². The Morgan fingerprint density at radius 1 is 1.15 bits per heavy atom. The first-order chi connectivity index (χ1) is 15.3. The van der Waals surface area contributed by atoms with E-state index in [9.17, 15) is 20.4 Å². The maximum absolute atomic E-state index is 10.6. The normalized spacial score (nSPS) is 38.4. The molecular weight excluding hydrogens is 412 g/mol. The van der Waals surface area contributed by atoms with Gasteiger partial charge in [-0.15, -0.1) is 0 Å². The van der Waals surface area contributed by atoms with E-state index >= 15 is 0 Å². The SMILES string of the molecule is C=C1C(=CC=C2CCC[C@@]3(C)C2CC[C@@H]3[C@H](C)CCC[C@@](C)(O)C(C)(C)O)C[C@@H](O)C[C@@H]1O. The molecular formula is C29H48O4. The highest BCUT2D eigenvalue weighted by atomic mass is 16.4. The first-order valence-corrected chi connectivity index (χ1v) is 13.2. The van der Waals surface area contributed by atoms with Gasteiger partial charge in [-0.05, 0) is 100 Å². The molecule has 3 aliphatic rings. The van der Waals surface area contributed by atoms with Gasteiger partial charge in [0.2, 0.25) is 0 Å². The van der Waals surface area contributed by atoms with Crippen molar-refractivity contribution < 1.29 is 20.4 Å². The van der Waals surface area contributed by atoms with Crippen LogP contribution in [0.1, 0.15) is 98.8 Å². The van der Waals surface area contributed by atoms with Gasteiger partial charge in [0.25, 0.3) is 0 Å². The summed E-state index contributed by atoms with van der Waals surface area (Å²) in [6.07, 6.45) is 13.0. The lowest BCUT2D eigenvalue weighted by atomic mass is 9.60. The highest BCUT2D eigenvalue weighted by Gasteiger charge is 2.50. The van der Waals surface area contributed by atoms with Gasteiger partial charge in [0.1, 0.15) is 0 Å². The van der Waals surface area contributed by atoms with Crippen LogP contribution in [0, 0.1) is 23.2 Å². The fourth-order valence-electron chi connectivity index (χ4n) is 6.95. The van der Waals surface area contributed by atoms with Crippen LogP contribution in [0.5, 0.6) is 0 Å². The van der Waals surface area contributed by atoms with Crippen molar-refractivity contribution in [1.29, 1.82) is 0 Å². The van der Waals surface area contributed by atoms with Crippen molar-refractivity contribution in [3.05, 3.63) is 35.5 Å². The third kappa shape index (κ3) is 5.66. The minimum Gasteiger partial charge on any atom is -0.393 e. The molecule has 4 heteroatoms. The van der Waals surface area contributed by atoms with Crippen LogP contribution in [-0.2, 0) is 0 Å². The van der Waals surface area contributed by atoms with Crippen LogP contribution in [0.2, 0.25) is 0 Å². The number of allylic oxidation sites excluding steroid dienone is 3. The van der Waals surface area contributed by atoms with Gasteiger partial charge in [-0.1, -0.05) is 51.0 Å². The van der Waals surface area contributed by atoms with E-state index in [0.717, 1.165) is 30.4 Å². The topological polar surface area (TPSA) is 80.9 Å². The van der Waals surface area contributed by atoms with Gasteiger partial charge in [0.05, 0.1) is 23.4 Å². The Labute approximate surface area is 201 Å². The number of fused-ring (bicyclic) bond motifs is 1. The van der Waals surface area contributed by atoms with Crippen LogP contribution >= 0.6 is 0 Å². The first kappa shape index (κ1) is 26.7. The van der Waals surface area contributed by atoms with Gasteiger partial charge in [0, 0.05) is 6.42 Å². The lowest BCUT2D eigenvalue weighted by Crippen LogP contribution is -2.47. The van der Waals surface area contributed by atoms with Crippen molar-refractivity contribution in [2.75, 3.05) is 0 Å². The molecule has 0 bridgehead atoms. The smallest absolute Gasteiger partial charge is 0.0900 e. The number of aliphatic hydroxyl groups is 4. The third-order valence-corrected chi connectivity index (χ3v) is 9.63. The number of aliphatic hydroxyl groups excluding tert-OH is 2. The lowest BCUT2D eigenvalue weighted by Gasteiger charge is -2.44. The number of hydrogen-bond donors (Lipinski definition) is 4. The van der Waals surface area contributed by atoms with Crippen LogP contribution < -0.4 is 0 Å². The molecule has 0 amide bonds. The van der Waals surface area contributed by atoms with E-state index in [0.29, 0.717) is 42.4 Å². The fraction of sp³-hybridized carbons (Fsp3) is 0.793. The summed E-state index contributed by atoms with van der Waals surface area (Å²) in [5.41, 5.74) is 1.43. The summed E-state index contributed by atoms with van der Waals surface area (Å²) in [5.74, 6) is 1.87. The molecule has 0 spiro atoms. The second-order valence-electron chi connectivity index (χ2n) is 12.4. The molecule has 33 heavy (non-hydrogen) atoms. The molecule has 0 aliphatic heterocycles. The molecule has 1 unspecified atom stereocenters. The summed E-state index contributed by atoms with van der Waals surface area (Å²) in [6, 6.07) is 0. The minimum atomic E-state index is -1.09. The molecule has 3 saturated carbocycles. The van der Waals surface area contributed by atoms with E-state index < -0.39 is 23.4 Å². The standard InChI is InChI=1S/C29H48O4/c1-19(9-7-16-29(6,33)27(3,4)32)24-13-14-25-21(10-8-15-28(24,25)5)11-12-22-17-23(30)18-26(31)20(22)2/h11-12,19,23-26,30-33H,2,7-10,13-18H2,1,3-6H3/t19-,23-,24-,25?,26+,28-,29-/m1/s1. The molecule has 0 aromatic heterocycles. The van der Waals surface area contributed by atoms with Crippen LogP contribution in [0.15, 0.2) is 35.5 Å². The van der Waals surface area contributed by atoms with Crippen LogP contribution in [0.4, 0.5) is 0 Å². The van der Waals surface area contributed by atoms with Gasteiger partial charge in [-0.2, -0.15) is 0 Å². The quantitative estimate of drug-likeness (QED) is 0.407. The average molecular weight is 461 g/mol. The van der Waals surface area contributed by atoms with E-state index in [4.69, 9.17) is 0 Å². The van der Waals surface area contributed by atoms with Crippen molar-refractivity contribution in [3.8, 4) is 0 Å². The second-order valence-corrected chi connectivity index (χ2v) is 12.4. The summed E-state index contributed by atoms with van der Waals surface area (Å²) in [7, 11) is 0. The number of hydrogen-bond acceptors (Lipinski definition) is 4. The first-order valence-electron chi connectivity index (χ1n) is 13.2. The van der Waals surface area contributed by atoms with Crippen molar-refractivity contribution in [2.45, 2.75) is 122 Å². The second kappa shape index (κ2) is 9.97. The third-order valence-electron chi connectivity index (χ3n) is 9.63. The summed E-state index contributed by atoms with van der Waals surface area (Å²) < 4.78 is 0. The number of rotatable bonds is 7. The Bertz CT molecular complexity index is 771. The summed E-state index contributed by atoms with van der Waals surface area (Å²) in [6.45, 7) is 14.1. The zero-order valence-corrected chi connectivity index (χ0v) is 21.6. The van der Waals surface area contributed by atoms with Gasteiger partial charge in [-0.25, -0.2) is 0 Å². The van der Waals surface area contributed by atoms with Gasteiger partial charge >= 0.3 is 0 Å². The van der Waals surface area contributed by atoms with E-state index in [1.54, 1.807) is 20.8 Å². The highest BCUT2D eigenvalue weighted by Crippen LogP contribution is 2.60. The highest BCUT2D eigenvalue weighted by molar-refractivity contribution is 5.38. The molecule has 188 valence electrons. The van der Waals surface area contributed by atoms with Crippen molar-refractivity contribution in [3.63, 3.8) is 0 Å². The Balaban J connectivity index is 1.67. The summed E-state index contributed by atoms with van der Waals surface area (Å²) >= 11 is 0. The van der Waals surface area contributed by atoms with Crippen molar-refractivity contribution in [1.82, 2.24) is 0 Å². The molecule has 0 aromatic rings. The molecule has 3 rings (SSSR count). The molecule has 3 aliphatic carbocycles. The van der Waals surface area contributed by atoms with Crippen molar-refractivity contribution in [2.24, 2.45) is 23.2 Å². The minimum absolute atomic E-state index is 0.309. The zero-order chi connectivity index (χ0) is 24.6. The maximum Gasteiger partial charge on any atom is 0.0900 e. The van der Waals surface area contributed by atoms with Gasteiger partial charge in [-0.3, -0.25) is 0 Å². The largest absolute Gasteiger partial charge is 0.393 e. The van der Waals surface area contributed by atoms with Gasteiger partial charge < -0.3 is 20.4 Å². The summed E-state index contributed by atoms with van der Waals surface area (Å²) in [4.78, 5) is 0. The Morgan fingerprint density at radius 3 is 2.52 bits per heavy atom. The molecule has 4 N–H and O–H groups in total. The molecule has 0 radical (unpaired) electrons. The zero-order valence-electron chi connectivity index (χ0n) is 21.6. The monoisotopic (exact) mass is 460 g/mol. The predicted molar refractivity (Wildman–Crippen MR) is 135 cm³/mol. The van der Waals surface area contributed by atoms with Crippen LogP contribution in [0.25, 0.3) is 0 Å². The summed E-state index contributed by atoms with van der Waals surface area (Å²) in [5, 5.41) is 41.1. The van der Waals surface area contributed by atoms with Crippen LogP contribution in [-0.4, -0.2) is 43.8 Å². The van der Waals surface area contributed by atoms with Crippen LogP contribution in [0.3, 0.4) is 0 Å². The van der Waals surface area contributed by atoms with Gasteiger partial charge in [0.15, 0.2) is 0 Å². The Morgan fingerprint density at radius 2 is 1.85 bits per heavy atom. The molecule has 0 saturated heterocycles. The average Bonchev–Trinajstić information content (AvgIpc) is 3.06. The molecule has 7 atom stereocenters. The Hall–Kier alpha value is -0.940. The lowest BCUT2D eigenvalue weighted by molar-refractivity contribution is -0.125. The maximum atomic E-state index is 10.6. The fourth-order valence-corrected chi connectivity index (χ4v) is 6.95.